The molecule has 1 N–H and O–H groups in total. The zero-order valence-corrected chi connectivity index (χ0v) is 9.67. The van der Waals surface area contributed by atoms with Gasteiger partial charge in [0.1, 0.15) is 12.2 Å². The van der Waals surface area contributed by atoms with Gasteiger partial charge in [0.25, 0.3) is 5.92 Å². The van der Waals surface area contributed by atoms with Gasteiger partial charge in [-0.25, -0.2) is 8.78 Å². The molecule has 0 aliphatic rings. The standard InChI is InChI=1S/C12H14F2O3/c1-8-5-9(3-4-10(8)17-2)6-12(13,14)7-11(15)16/h3-5H,6-7H2,1-2H3,(H,15,16). The van der Waals surface area contributed by atoms with Crippen LogP contribution < -0.4 is 4.74 Å². The lowest BCUT2D eigenvalue weighted by molar-refractivity contribution is -0.144. The molecule has 0 aliphatic carbocycles. The number of aliphatic carboxylic acids is 1. The molecule has 0 heterocycles. The summed E-state index contributed by atoms with van der Waals surface area (Å²) in [7, 11) is 1.50. The van der Waals surface area contributed by atoms with Crippen molar-refractivity contribution in [3.05, 3.63) is 29.3 Å². The van der Waals surface area contributed by atoms with E-state index >= 15 is 0 Å². The van der Waals surface area contributed by atoms with Gasteiger partial charge in [0.05, 0.1) is 7.11 Å². The van der Waals surface area contributed by atoms with Crippen LogP contribution in [-0.2, 0) is 11.2 Å². The van der Waals surface area contributed by atoms with Crippen molar-refractivity contribution in [3.8, 4) is 5.75 Å². The Balaban J connectivity index is 2.81. The average molecular weight is 244 g/mol. The fourth-order valence-electron chi connectivity index (χ4n) is 1.63. The van der Waals surface area contributed by atoms with Gasteiger partial charge in [-0.15, -0.1) is 0 Å². The molecular formula is C12H14F2O3. The summed E-state index contributed by atoms with van der Waals surface area (Å²) >= 11 is 0. The highest BCUT2D eigenvalue weighted by atomic mass is 19.3. The van der Waals surface area contributed by atoms with E-state index in [2.05, 4.69) is 0 Å². The molecule has 0 saturated carbocycles. The van der Waals surface area contributed by atoms with Gasteiger partial charge in [-0.3, -0.25) is 4.79 Å². The summed E-state index contributed by atoms with van der Waals surface area (Å²) in [6.07, 6.45) is -1.73. The maximum atomic E-state index is 13.3. The number of benzene rings is 1. The first-order valence-electron chi connectivity index (χ1n) is 5.07. The molecule has 0 aliphatic heterocycles. The van der Waals surface area contributed by atoms with Crippen LogP contribution >= 0.6 is 0 Å². The number of ether oxygens (including phenoxy) is 1. The van der Waals surface area contributed by atoms with Crippen molar-refractivity contribution in [2.45, 2.75) is 25.7 Å². The normalized spacial score (nSPS) is 11.3. The third-order valence-corrected chi connectivity index (χ3v) is 2.33. The maximum Gasteiger partial charge on any atom is 0.309 e. The number of hydrogen-bond acceptors (Lipinski definition) is 2. The highest BCUT2D eigenvalue weighted by Gasteiger charge is 2.32. The second-order valence-electron chi connectivity index (χ2n) is 3.91. The van der Waals surface area contributed by atoms with E-state index in [-0.39, 0.29) is 0 Å². The largest absolute Gasteiger partial charge is 0.496 e. The summed E-state index contributed by atoms with van der Waals surface area (Å²) in [6, 6.07) is 4.69. The second-order valence-corrected chi connectivity index (χ2v) is 3.91. The van der Waals surface area contributed by atoms with Crippen molar-refractivity contribution in [1.82, 2.24) is 0 Å². The van der Waals surface area contributed by atoms with E-state index in [1.165, 1.54) is 13.2 Å². The third-order valence-electron chi connectivity index (χ3n) is 2.33. The van der Waals surface area contributed by atoms with Crippen LogP contribution in [0, 0.1) is 6.92 Å². The smallest absolute Gasteiger partial charge is 0.309 e. The SMILES string of the molecule is COc1ccc(CC(F)(F)CC(=O)O)cc1C. The van der Waals surface area contributed by atoms with Crippen molar-refractivity contribution in [3.63, 3.8) is 0 Å². The quantitative estimate of drug-likeness (QED) is 0.866. The van der Waals surface area contributed by atoms with Crippen LogP contribution in [0.5, 0.6) is 5.75 Å². The fraction of sp³-hybridized carbons (Fsp3) is 0.417. The molecule has 0 spiro atoms. The molecular weight excluding hydrogens is 230 g/mol. The van der Waals surface area contributed by atoms with Gasteiger partial charge in [-0.05, 0) is 24.1 Å². The molecule has 0 radical (unpaired) electrons. The van der Waals surface area contributed by atoms with E-state index < -0.39 is 24.7 Å². The highest BCUT2D eigenvalue weighted by molar-refractivity contribution is 5.67. The Bertz CT molecular complexity index is 416. The van der Waals surface area contributed by atoms with Crippen LogP contribution in [0.25, 0.3) is 0 Å². The lowest BCUT2D eigenvalue weighted by atomic mass is 10.0. The summed E-state index contributed by atoms with van der Waals surface area (Å²) in [5, 5.41) is 8.36. The van der Waals surface area contributed by atoms with Gasteiger partial charge in [-0.1, -0.05) is 12.1 Å². The average Bonchev–Trinajstić information content (AvgIpc) is 2.14. The Morgan fingerprint density at radius 3 is 2.59 bits per heavy atom. The topological polar surface area (TPSA) is 46.5 Å². The zero-order chi connectivity index (χ0) is 13.1. The number of methoxy groups -OCH3 is 1. The number of rotatable bonds is 5. The van der Waals surface area contributed by atoms with Crippen LogP contribution in [0.3, 0.4) is 0 Å². The van der Waals surface area contributed by atoms with Gasteiger partial charge in [0.2, 0.25) is 0 Å². The number of aryl methyl sites for hydroxylation is 1. The Morgan fingerprint density at radius 1 is 1.47 bits per heavy atom. The summed E-state index contributed by atoms with van der Waals surface area (Å²) in [5.41, 5.74) is 1.14. The van der Waals surface area contributed by atoms with Crippen molar-refractivity contribution in [2.24, 2.45) is 0 Å². The first-order chi connectivity index (χ1) is 7.84. The molecule has 94 valence electrons. The van der Waals surface area contributed by atoms with Crippen molar-refractivity contribution in [2.75, 3.05) is 7.11 Å². The molecule has 0 bridgehead atoms. The molecule has 1 aromatic carbocycles. The number of carboxylic acids is 1. The number of carboxylic acid groups (broad SMARTS) is 1. The van der Waals surface area contributed by atoms with E-state index in [0.29, 0.717) is 11.3 Å². The van der Waals surface area contributed by atoms with Gasteiger partial charge < -0.3 is 9.84 Å². The predicted octanol–water partition coefficient (Wildman–Crippen LogP) is 2.66. The van der Waals surface area contributed by atoms with E-state index in [4.69, 9.17) is 9.84 Å². The Morgan fingerprint density at radius 2 is 2.12 bits per heavy atom. The minimum atomic E-state index is -3.23. The molecule has 1 aromatic rings. The summed E-state index contributed by atoms with van der Waals surface area (Å²) < 4.78 is 31.5. The number of hydrogen-bond donors (Lipinski definition) is 1. The predicted molar refractivity (Wildman–Crippen MR) is 58.6 cm³/mol. The molecule has 5 heteroatoms. The van der Waals surface area contributed by atoms with Gasteiger partial charge in [-0.2, -0.15) is 0 Å². The first-order valence-corrected chi connectivity index (χ1v) is 5.07. The van der Waals surface area contributed by atoms with Crippen molar-refractivity contribution < 1.29 is 23.4 Å². The van der Waals surface area contributed by atoms with Gasteiger partial charge in [0, 0.05) is 6.42 Å². The summed E-state index contributed by atoms with van der Waals surface area (Å²) in [6.45, 7) is 1.75. The molecule has 1 rings (SSSR count). The molecule has 0 amide bonds. The minimum Gasteiger partial charge on any atom is -0.496 e. The van der Waals surface area contributed by atoms with Gasteiger partial charge in [0.15, 0.2) is 0 Å². The minimum absolute atomic E-state index is 0.398. The van der Waals surface area contributed by atoms with Crippen LogP contribution in [0.2, 0.25) is 0 Å². The maximum absolute atomic E-state index is 13.3. The van der Waals surface area contributed by atoms with Crippen LogP contribution in [0.15, 0.2) is 18.2 Å². The van der Waals surface area contributed by atoms with Crippen LogP contribution in [-0.4, -0.2) is 24.1 Å². The van der Waals surface area contributed by atoms with Crippen LogP contribution in [0.4, 0.5) is 8.78 Å². The monoisotopic (exact) mass is 244 g/mol. The lowest BCUT2D eigenvalue weighted by Gasteiger charge is -2.15. The molecule has 0 fully saturated rings. The van der Waals surface area contributed by atoms with E-state index in [1.807, 2.05) is 0 Å². The first kappa shape index (κ1) is 13.4. The molecule has 0 saturated heterocycles. The highest BCUT2D eigenvalue weighted by Crippen LogP contribution is 2.26. The Labute approximate surface area is 98.0 Å². The van der Waals surface area contributed by atoms with E-state index in [9.17, 15) is 13.6 Å². The molecule has 0 aromatic heterocycles. The van der Waals surface area contributed by atoms with Gasteiger partial charge >= 0.3 is 5.97 Å². The van der Waals surface area contributed by atoms with Crippen molar-refractivity contribution in [1.29, 1.82) is 0 Å². The summed E-state index contributed by atoms with van der Waals surface area (Å²) in [5.74, 6) is -4.11. The van der Waals surface area contributed by atoms with E-state index in [0.717, 1.165) is 5.56 Å². The van der Waals surface area contributed by atoms with Crippen LogP contribution in [0.1, 0.15) is 17.5 Å². The Kier molecular flexibility index (Phi) is 4.04. The number of alkyl halides is 2. The molecule has 17 heavy (non-hydrogen) atoms. The second kappa shape index (κ2) is 5.12. The Hall–Kier alpha value is -1.65. The molecule has 3 nitrogen and oxygen atoms in total. The lowest BCUT2D eigenvalue weighted by Crippen LogP contribution is -2.23. The molecule has 0 atom stereocenters. The van der Waals surface area contributed by atoms with Crippen molar-refractivity contribution >= 4 is 5.97 Å². The zero-order valence-electron chi connectivity index (χ0n) is 9.67. The fourth-order valence-corrected chi connectivity index (χ4v) is 1.63. The number of halogens is 2. The third kappa shape index (κ3) is 4.01. The summed E-state index contributed by atoms with van der Waals surface area (Å²) in [4.78, 5) is 10.3. The molecule has 0 unspecified atom stereocenters. The van der Waals surface area contributed by atoms with E-state index in [1.54, 1.807) is 19.1 Å². The number of carbonyl (C=O) groups is 1.